The van der Waals surface area contributed by atoms with Gasteiger partial charge in [0.1, 0.15) is 0 Å². The molecule has 1 aromatic heterocycles. The average Bonchev–Trinajstić information content (AvgIpc) is 2.33. The van der Waals surface area contributed by atoms with Crippen molar-refractivity contribution in [2.45, 2.75) is 6.42 Å². The highest BCUT2D eigenvalue weighted by molar-refractivity contribution is 9.10. The minimum Gasteiger partial charge on any atom is -0.298 e. The molecular weight excluding hydrogens is 266 g/mol. The van der Waals surface area contributed by atoms with Crippen LogP contribution in [0.25, 0.3) is 0 Å². The number of benzene rings is 1. The molecule has 2 rings (SSSR count). The Morgan fingerprint density at radius 3 is 2.62 bits per heavy atom. The molecule has 0 N–H and O–H groups in total. The second-order valence-corrected chi connectivity index (χ2v) is 4.32. The Hall–Kier alpha value is -1.48. The van der Waals surface area contributed by atoms with Crippen molar-refractivity contribution in [1.82, 2.24) is 4.98 Å². The van der Waals surface area contributed by atoms with Gasteiger partial charge < -0.3 is 0 Å². The van der Waals surface area contributed by atoms with E-state index in [0.717, 1.165) is 22.7 Å². The summed E-state index contributed by atoms with van der Waals surface area (Å²) in [6, 6.07) is 10.0. The predicted molar refractivity (Wildman–Crippen MR) is 66.6 cm³/mol. The number of hydrogen-bond donors (Lipinski definition) is 0. The summed E-state index contributed by atoms with van der Waals surface area (Å²) in [6.07, 6.45) is 4.88. The fraction of sp³-hybridized carbons (Fsp3) is 0.0769. The summed E-state index contributed by atoms with van der Waals surface area (Å²) in [7, 11) is 0. The monoisotopic (exact) mass is 275 g/mol. The summed E-state index contributed by atoms with van der Waals surface area (Å²) in [5, 5.41) is 0. The lowest BCUT2D eigenvalue weighted by atomic mass is 10.0. The maximum atomic E-state index is 10.9. The molecule has 2 aromatic rings. The molecule has 1 aromatic carbocycles. The van der Waals surface area contributed by atoms with E-state index in [2.05, 4.69) is 20.9 Å². The number of hydrogen-bond acceptors (Lipinski definition) is 2. The van der Waals surface area contributed by atoms with E-state index in [9.17, 15) is 4.79 Å². The minimum atomic E-state index is 0.637. The third-order valence-electron chi connectivity index (χ3n) is 2.39. The minimum absolute atomic E-state index is 0.637. The summed E-state index contributed by atoms with van der Waals surface area (Å²) in [4.78, 5) is 14.9. The zero-order chi connectivity index (χ0) is 11.4. The van der Waals surface area contributed by atoms with Crippen LogP contribution >= 0.6 is 15.9 Å². The number of carbonyl (C=O) groups is 1. The number of pyridine rings is 1. The Morgan fingerprint density at radius 2 is 1.94 bits per heavy atom. The third kappa shape index (κ3) is 2.36. The van der Waals surface area contributed by atoms with Crippen molar-refractivity contribution < 1.29 is 4.79 Å². The van der Waals surface area contributed by atoms with Crippen LogP contribution in [0.5, 0.6) is 0 Å². The standard InChI is InChI=1S/C13H10BrNO/c14-13-8-15-7-11(9-16)12(13)6-10-4-2-1-3-5-10/h1-5,7-9H,6H2. The van der Waals surface area contributed by atoms with Crippen molar-refractivity contribution in [3.05, 3.63) is 63.9 Å². The van der Waals surface area contributed by atoms with Crippen LogP contribution in [0.2, 0.25) is 0 Å². The van der Waals surface area contributed by atoms with Gasteiger partial charge in [0.05, 0.1) is 0 Å². The Labute approximate surface area is 102 Å². The summed E-state index contributed by atoms with van der Waals surface area (Å²) < 4.78 is 0.876. The average molecular weight is 276 g/mol. The van der Waals surface area contributed by atoms with Gasteiger partial charge in [0.2, 0.25) is 0 Å². The highest BCUT2D eigenvalue weighted by Crippen LogP contribution is 2.21. The zero-order valence-corrected chi connectivity index (χ0v) is 10.1. The van der Waals surface area contributed by atoms with Crippen LogP contribution < -0.4 is 0 Å². The number of rotatable bonds is 3. The van der Waals surface area contributed by atoms with E-state index in [1.54, 1.807) is 12.4 Å². The lowest BCUT2D eigenvalue weighted by molar-refractivity contribution is 0.112. The lowest BCUT2D eigenvalue weighted by Gasteiger charge is -2.06. The van der Waals surface area contributed by atoms with Gasteiger partial charge in [-0.05, 0) is 33.5 Å². The summed E-state index contributed by atoms with van der Waals surface area (Å²) in [5.74, 6) is 0. The molecule has 0 saturated heterocycles. The van der Waals surface area contributed by atoms with E-state index in [0.29, 0.717) is 5.56 Å². The molecule has 0 aliphatic rings. The first-order valence-electron chi connectivity index (χ1n) is 4.92. The molecule has 3 heteroatoms. The molecular formula is C13H10BrNO. The first-order valence-corrected chi connectivity index (χ1v) is 5.72. The van der Waals surface area contributed by atoms with Crippen LogP contribution in [-0.2, 0) is 6.42 Å². The van der Waals surface area contributed by atoms with Gasteiger partial charge in [0, 0.05) is 22.4 Å². The van der Waals surface area contributed by atoms with Crippen molar-refractivity contribution in [2.75, 3.05) is 0 Å². The first-order chi connectivity index (χ1) is 7.81. The number of halogens is 1. The van der Waals surface area contributed by atoms with Crippen LogP contribution in [0.1, 0.15) is 21.5 Å². The van der Waals surface area contributed by atoms with Gasteiger partial charge in [-0.1, -0.05) is 30.3 Å². The van der Waals surface area contributed by atoms with Crippen LogP contribution in [0.3, 0.4) is 0 Å². The smallest absolute Gasteiger partial charge is 0.151 e. The highest BCUT2D eigenvalue weighted by atomic mass is 79.9. The van der Waals surface area contributed by atoms with Crippen LogP contribution in [0.15, 0.2) is 47.2 Å². The molecule has 0 amide bonds. The Morgan fingerprint density at radius 1 is 1.19 bits per heavy atom. The fourth-order valence-corrected chi connectivity index (χ4v) is 2.05. The SMILES string of the molecule is O=Cc1cncc(Br)c1Cc1ccccc1. The first kappa shape index (κ1) is 11.0. The van der Waals surface area contributed by atoms with Gasteiger partial charge in [0.15, 0.2) is 6.29 Å². The Kier molecular flexibility index (Phi) is 3.47. The molecule has 0 aliphatic carbocycles. The number of aromatic nitrogens is 1. The summed E-state index contributed by atoms with van der Waals surface area (Å²) >= 11 is 3.42. The van der Waals surface area contributed by atoms with Crippen LogP contribution in [-0.4, -0.2) is 11.3 Å². The van der Waals surface area contributed by atoms with E-state index in [1.165, 1.54) is 5.56 Å². The summed E-state index contributed by atoms with van der Waals surface area (Å²) in [5.41, 5.74) is 2.80. The van der Waals surface area contributed by atoms with Gasteiger partial charge in [-0.25, -0.2) is 0 Å². The van der Waals surface area contributed by atoms with E-state index in [-0.39, 0.29) is 0 Å². The van der Waals surface area contributed by atoms with Gasteiger partial charge in [-0.3, -0.25) is 9.78 Å². The van der Waals surface area contributed by atoms with Crippen molar-refractivity contribution in [3.63, 3.8) is 0 Å². The molecule has 0 unspecified atom stereocenters. The third-order valence-corrected chi connectivity index (χ3v) is 3.07. The number of aldehydes is 1. The second kappa shape index (κ2) is 5.03. The lowest BCUT2D eigenvalue weighted by Crippen LogP contribution is -1.97. The molecule has 0 fully saturated rings. The van der Waals surface area contributed by atoms with Crippen molar-refractivity contribution >= 4 is 22.2 Å². The Balaban J connectivity index is 2.38. The van der Waals surface area contributed by atoms with Crippen molar-refractivity contribution in [3.8, 4) is 0 Å². The molecule has 16 heavy (non-hydrogen) atoms. The molecule has 1 heterocycles. The topological polar surface area (TPSA) is 30.0 Å². The predicted octanol–water partition coefficient (Wildman–Crippen LogP) is 3.25. The number of carbonyl (C=O) groups excluding carboxylic acids is 1. The Bertz CT molecular complexity index is 497. The normalized spacial score (nSPS) is 10.1. The maximum absolute atomic E-state index is 10.9. The highest BCUT2D eigenvalue weighted by Gasteiger charge is 2.07. The van der Waals surface area contributed by atoms with Gasteiger partial charge >= 0.3 is 0 Å². The fourth-order valence-electron chi connectivity index (χ4n) is 1.56. The summed E-state index contributed by atoms with van der Waals surface area (Å²) in [6.45, 7) is 0. The molecule has 0 aliphatic heterocycles. The molecule has 0 spiro atoms. The van der Waals surface area contributed by atoms with E-state index >= 15 is 0 Å². The largest absolute Gasteiger partial charge is 0.298 e. The second-order valence-electron chi connectivity index (χ2n) is 3.47. The number of nitrogens with zero attached hydrogens (tertiary/aromatic N) is 1. The molecule has 0 atom stereocenters. The van der Waals surface area contributed by atoms with E-state index in [4.69, 9.17) is 0 Å². The van der Waals surface area contributed by atoms with Gasteiger partial charge in [0.25, 0.3) is 0 Å². The van der Waals surface area contributed by atoms with Crippen LogP contribution in [0.4, 0.5) is 0 Å². The molecule has 2 nitrogen and oxygen atoms in total. The molecule has 80 valence electrons. The molecule has 0 radical (unpaired) electrons. The van der Waals surface area contributed by atoms with Crippen LogP contribution in [0, 0.1) is 0 Å². The van der Waals surface area contributed by atoms with Gasteiger partial charge in [-0.2, -0.15) is 0 Å². The molecule has 0 bridgehead atoms. The zero-order valence-electron chi connectivity index (χ0n) is 8.56. The maximum Gasteiger partial charge on any atom is 0.151 e. The quantitative estimate of drug-likeness (QED) is 0.805. The molecule has 0 saturated carbocycles. The van der Waals surface area contributed by atoms with Crippen molar-refractivity contribution in [2.24, 2.45) is 0 Å². The van der Waals surface area contributed by atoms with E-state index in [1.807, 2.05) is 30.3 Å². The van der Waals surface area contributed by atoms with Crippen molar-refractivity contribution in [1.29, 1.82) is 0 Å². The van der Waals surface area contributed by atoms with Gasteiger partial charge in [-0.15, -0.1) is 0 Å². The van der Waals surface area contributed by atoms with E-state index < -0.39 is 0 Å².